The van der Waals surface area contributed by atoms with E-state index in [-0.39, 0.29) is 29.7 Å². The summed E-state index contributed by atoms with van der Waals surface area (Å²) in [6, 6.07) is 0.441. The van der Waals surface area contributed by atoms with Gasteiger partial charge in [-0.05, 0) is 39.5 Å². The third-order valence-electron chi connectivity index (χ3n) is 3.40. The molecule has 1 rings (SSSR count). The van der Waals surface area contributed by atoms with Gasteiger partial charge < -0.3 is 15.7 Å². The lowest BCUT2D eigenvalue weighted by Gasteiger charge is -2.29. The van der Waals surface area contributed by atoms with Gasteiger partial charge in [-0.1, -0.05) is 0 Å². The van der Waals surface area contributed by atoms with Crippen LogP contribution in [-0.2, 0) is 4.79 Å². The molecule has 1 fully saturated rings. The molecular weight excluding hydrogens is 236 g/mol. The maximum absolute atomic E-state index is 12.1. The van der Waals surface area contributed by atoms with Crippen LogP contribution in [0.1, 0.15) is 26.7 Å². The van der Waals surface area contributed by atoms with E-state index in [1.165, 1.54) is 0 Å². The number of aliphatic hydroxyl groups excluding tert-OH is 1. The predicted molar refractivity (Wildman–Crippen MR) is 72.2 cm³/mol. The van der Waals surface area contributed by atoms with E-state index in [1.54, 1.807) is 11.8 Å². The molecule has 0 aliphatic carbocycles. The topological polar surface area (TPSA) is 61.4 Å². The van der Waals surface area contributed by atoms with Crippen LogP contribution >= 0.6 is 11.8 Å². The Labute approximate surface area is 108 Å². The second kappa shape index (κ2) is 7.24. The van der Waals surface area contributed by atoms with Crippen molar-refractivity contribution < 1.29 is 9.90 Å². The van der Waals surface area contributed by atoms with Crippen molar-refractivity contribution in [2.75, 3.05) is 19.4 Å². The van der Waals surface area contributed by atoms with Gasteiger partial charge in [0.05, 0.1) is 6.61 Å². The summed E-state index contributed by atoms with van der Waals surface area (Å²) in [6.07, 6.45) is 3.77. The minimum absolute atomic E-state index is 0.0210. The smallest absolute Gasteiger partial charge is 0.223 e. The van der Waals surface area contributed by atoms with Crippen LogP contribution in [-0.4, -0.2) is 47.8 Å². The number of hydrogen-bond donors (Lipinski definition) is 3. The van der Waals surface area contributed by atoms with Crippen LogP contribution in [0, 0.1) is 5.92 Å². The fraction of sp³-hybridized carbons (Fsp3) is 0.917. The van der Waals surface area contributed by atoms with Crippen LogP contribution in [0.3, 0.4) is 0 Å². The van der Waals surface area contributed by atoms with Gasteiger partial charge in [0.15, 0.2) is 0 Å². The summed E-state index contributed by atoms with van der Waals surface area (Å²) in [5, 5.41) is 15.6. The standard InChI is InChI=1S/C12H24N2O2S/c1-8-6-10(4-5-13-8)12(16)14-9(2)11(7-15)17-3/h8-11,13,15H,4-7H2,1-3H3,(H,14,16). The molecule has 17 heavy (non-hydrogen) atoms. The Balaban J connectivity index is 2.42. The molecule has 1 aliphatic rings. The zero-order valence-corrected chi connectivity index (χ0v) is 11.7. The average molecular weight is 260 g/mol. The number of piperidine rings is 1. The van der Waals surface area contributed by atoms with Gasteiger partial charge in [-0.2, -0.15) is 11.8 Å². The summed E-state index contributed by atoms with van der Waals surface area (Å²) >= 11 is 1.59. The van der Waals surface area contributed by atoms with Crippen LogP contribution in [0.25, 0.3) is 0 Å². The molecule has 0 radical (unpaired) electrons. The maximum atomic E-state index is 12.1. The summed E-state index contributed by atoms with van der Waals surface area (Å²) in [4.78, 5) is 12.1. The lowest BCUT2D eigenvalue weighted by atomic mass is 9.92. The number of hydrogen-bond acceptors (Lipinski definition) is 4. The van der Waals surface area contributed by atoms with Crippen molar-refractivity contribution in [1.29, 1.82) is 0 Å². The highest BCUT2D eigenvalue weighted by Gasteiger charge is 2.27. The zero-order chi connectivity index (χ0) is 12.8. The SMILES string of the molecule is CSC(CO)C(C)NC(=O)C1CCNC(C)C1. The van der Waals surface area contributed by atoms with Crippen LogP contribution in [0.5, 0.6) is 0 Å². The van der Waals surface area contributed by atoms with Crippen molar-refractivity contribution >= 4 is 17.7 Å². The monoisotopic (exact) mass is 260 g/mol. The highest BCUT2D eigenvalue weighted by atomic mass is 32.2. The molecule has 0 bridgehead atoms. The van der Waals surface area contributed by atoms with Crippen molar-refractivity contribution in [2.45, 2.75) is 44.0 Å². The van der Waals surface area contributed by atoms with Crippen LogP contribution in [0.2, 0.25) is 0 Å². The van der Waals surface area contributed by atoms with E-state index in [0.29, 0.717) is 6.04 Å². The molecule has 4 unspecified atom stereocenters. The second-order valence-electron chi connectivity index (χ2n) is 4.83. The zero-order valence-electron chi connectivity index (χ0n) is 10.9. The van der Waals surface area contributed by atoms with Gasteiger partial charge in [-0.3, -0.25) is 4.79 Å². The summed E-state index contributed by atoms with van der Waals surface area (Å²) in [5.74, 6) is 0.258. The molecule has 1 amide bonds. The van der Waals surface area contributed by atoms with Crippen molar-refractivity contribution in [3.8, 4) is 0 Å². The Hall–Kier alpha value is -0.260. The third-order valence-corrected chi connectivity index (χ3v) is 4.57. The molecule has 1 aliphatic heterocycles. The number of amides is 1. The van der Waals surface area contributed by atoms with Crippen molar-refractivity contribution in [1.82, 2.24) is 10.6 Å². The molecule has 0 aromatic heterocycles. The van der Waals surface area contributed by atoms with Crippen LogP contribution in [0.15, 0.2) is 0 Å². The lowest BCUT2D eigenvalue weighted by molar-refractivity contribution is -0.126. The Kier molecular flexibility index (Phi) is 6.30. The van der Waals surface area contributed by atoms with E-state index in [0.717, 1.165) is 19.4 Å². The Bertz CT molecular complexity index is 247. The van der Waals surface area contributed by atoms with Gasteiger partial charge in [-0.15, -0.1) is 0 Å². The molecule has 0 aromatic carbocycles. The van der Waals surface area contributed by atoms with E-state index in [9.17, 15) is 9.90 Å². The highest BCUT2D eigenvalue weighted by molar-refractivity contribution is 7.99. The molecule has 1 saturated heterocycles. The van der Waals surface area contributed by atoms with Gasteiger partial charge in [-0.25, -0.2) is 0 Å². The minimum Gasteiger partial charge on any atom is -0.395 e. The number of carbonyl (C=O) groups excluding carboxylic acids is 1. The lowest BCUT2D eigenvalue weighted by Crippen LogP contribution is -2.47. The van der Waals surface area contributed by atoms with Crippen molar-refractivity contribution in [3.05, 3.63) is 0 Å². The number of rotatable bonds is 5. The first-order valence-electron chi connectivity index (χ1n) is 6.25. The van der Waals surface area contributed by atoms with Gasteiger partial charge >= 0.3 is 0 Å². The fourth-order valence-corrected chi connectivity index (χ4v) is 2.87. The van der Waals surface area contributed by atoms with E-state index >= 15 is 0 Å². The van der Waals surface area contributed by atoms with Crippen LogP contribution < -0.4 is 10.6 Å². The van der Waals surface area contributed by atoms with Gasteiger partial charge in [0.1, 0.15) is 0 Å². The molecule has 100 valence electrons. The van der Waals surface area contributed by atoms with Gasteiger partial charge in [0.25, 0.3) is 0 Å². The Morgan fingerprint density at radius 2 is 2.35 bits per heavy atom. The summed E-state index contributed by atoms with van der Waals surface area (Å²) in [5.41, 5.74) is 0. The largest absolute Gasteiger partial charge is 0.395 e. The molecule has 1 heterocycles. The number of aliphatic hydroxyl groups is 1. The first kappa shape index (κ1) is 14.8. The number of thioether (sulfide) groups is 1. The molecule has 5 heteroatoms. The molecule has 4 nitrogen and oxygen atoms in total. The number of carbonyl (C=O) groups is 1. The molecular formula is C12H24N2O2S. The molecule has 3 N–H and O–H groups in total. The first-order valence-corrected chi connectivity index (χ1v) is 7.54. The quantitative estimate of drug-likeness (QED) is 0.677. The minimum atomic E-state index is 0.0210. The van der Waals surface area contributed by atoms with Crippen molar-refractivity contribution in [3.63, 3.8) is 0 Å². The third kappa shape index (κ3) is 4.48. The Morgan fingerprint density at radius 3 is 2.88 bits per heavy atom. The van der Waals surface area contributed by atoms with Gasteiger partial charge in [0, 0.05) is 23.3 Å². The Morgan fingerprint density at radius 1 is 1.65 bits per heavy atom. The van der Waals surface area contributed by atoms with E-state index in [4.69, 9.17) is 0 Å². The van der Waals surface area contributed by atoms with Crippen molar-refractivity contribution in [2.24, 2.45) is 5.92 Å². The summed E-state index contributed by atoms with van der Waals surface area (Å²) < 4.78 is 0. The van der Waals surface area contributed by atoms with Gasteiger partial charge in [0.2, 0.25) is 5.91 Å². The van der Waals surface area contributed by atoms with E-state index in [1.807, 2.05) is 13.2 Å². The number of nitrogens with one attached hydrogen (secondary N) is 2. The second-order valence-corrected chi connectivity index (χ2v) is 5.91. The van der Waals surface area contributed by atoms with Crippen LogP contribution in [0.4, 0.5) is 0 Å². The fourth-order valence-electron chi connectivity index (χ4n) is 2.24. The first-order chi connectivity index (χ1) is 8.08. The predicted octanol–water partition coefficient (Wildman–Crippen LogP) is 0.603. The van der Waals surface area contributed by atoms with E-state index in [2.05, 4.69) is 17.6 Å². The van der Waals surface area contributed by atoms with E-state index < -0.39 is 0 Å². The summed E-state index contributed by atoms with van der Waals surface area (Å²) in [7, 11) is 0. The summed E-state index contributed by atoms with van der Waals surface area (Å²) in [6.45, 7) is 5.09. The maximum Gasteiger partial charge on any atom is 0.223 e. The molecule has 0 aromatic rings. The average Bonchev–Trinajstić information content (AvgIpc) is 2.30. The molecule has 0 saturated carbocycles. The highest BCUT2D eigenvalue weighted by Crippen LogP contribution is 2.17. The molecule has 4 atom stereocenters. The normalized spacial score (nSPS) is 28.5. The molecule has 0 spiro atoms.